The predicted octanol–water partition coefficient (Wildman–Crippen LogP) is 4.34. The molecular weight excluding hydrogens is 745 g/mol. The highest BCUT2D eigenvalue weighted by molar-refractivity contribution is 6.94. The van der Waals surface area contributed by atoms with Crippen molar-refractivity contribution in [3.05, 3.63) is 0 Å². The van der Waals surface area contributed by atoms with E-state index in [0.29, 0.717) is 62.5 Å². The van der Waals surface area contributed by atoms with E-state index in [1.807, 2.05) is 26.9 Å². The lowest BCUT2D eigenvalue weighted by Gasteiger charge is -2.53. The van der Waals surface area contributed by atoms with Crippen molar-refractivity contribution in [3.63, 3.8) is 0 Å². The third-order valence-corrected chi connectivity index (χ3v) is 35.5. The van der Waals surface area contributed by atoms with E-state index in [-0.39, 0.29) is 6.23 Å². The van der Waals surface area contributed by atoms with Crippen LogP contribution in [0.4, 0.5) is 0 Å². The van der Waals surface area contributed by atoms with E-state index in [4.69, 9.17) is 52.2 Å². The summed E-state index contributed by atoms with van der Waals surface area (Å²) in [5, 5.41) is 10.8. The highest BCUT2D eigenvalue weighted by atomic mass is 28.5. The van der Waals surface area contributed by atoms with Gasteiger partial charge in [-0.15, -0.1) is 0 Å². The molecule has 0 bridgehead atoms. The summed E-state index contributed by atoms with van der Waals surface area (Å²) in [4.78, 5) is 11.2. The number of carbonyl (C=O) groups excluding carboxylic acids is 1. The molecule has 48 heavy (non-hydrogen) atoms. The highest BCUT2D eigenvalue weighted by Gasteiger charge is 2.62. The van der Waals surface area contributed by atoms with Crippen LogP contribution in [-0.4, -0.2) is 140 Å². The average Bonchev–Trinajstić information content (AvgIpc) is 3.02. The van der Waals surface area contributed by atoms with Crippen molar-refractivity contribution in [2.24, 2.45) is 0 Å². The molecule has 1 N–H and O–H groups in total. The zero-order valence-electron chi connectivity index (χ0n) is 31.8. The molecule has 0 amide bonds. The molecule has 1 saturated heterocycles. The van der Waals surface area contributed by atoms with Gasteiger partial charge in [-0.05, 0) is 76.9 Å². The summed E-state index contributed by atoms with van der Waals surface area (Å²) in [6, 6.07) is 3.03. The van der Waals surface area contributed by atoms with Crippen LogP contribution in [0.2, 0.25) is 56.4 Å². The molecule has 21 heteroatoms. The number of ether oxygens (including phenoxy) is 1. The second-order valence-corrected chi connectivity index (χ2v) is 35.6. The van der Waals surface area contributed by atoms with Gasteiger partial charge in [0, 0.05) is 68.5 Å². The largest absolute Gasteiger partial charge is 0.500 e. The molecule has 0 aromatic rings. The van der Waals surface area contributed by atoms with Crippen LogP contribution >= 0.6 is 0 Å². The van der Waals surface area contributed by atoms with Crippen LogP contribution in [0.5, 0.6) is 0 Å². The van der Waals surface area contributed by atoms with Crippen molar-refractivity contribution in [1.82, 2.24) is 0 Å². The van der Waals surface area contributed by atoms with Gasteiger partial charge in [0.1, 0.15) is 11.1 Å². The summed E-state index contributed by atoms with van der Waals surface area (Å²) in [6.45, 7) is 12.4. The first-order valence-corrected chi connectivity index (χ1v) is 32.1. The van der Waals surface area contributed by atoms with E-state index in [1.165, 1.54) is 7.11 Å². The molecular formula is C27H65O14Si7. The van der Waals surface area contributed by atoms with Gasteiger partial charge in [-0.3, -0.25) is 0 Å². The van der Waals surface area contributed by atoms with Crippen molar-refractivity contribution in [3.8, 4) is 0 Å². The zero-order chi connectivity index (χ0) is 36.8. The van der Waals surface area contributed by atoms with Gasteiger partial charge < -0.3 is 62.1 Å². The summed E-state index contributed by atoms with van der Waals surface area (Å²) in [5.41, 5.74) is 0. The van der Waals surface area contributed by atoms with Crippen molar-refractivity contribution in [2.75, 3.05) is 62.6 Å². The molecule has 1 aliphatic rings. The second kappa shape index (κ2) is 20.8. The van der Waals surface area contributed by atoms with Crippen LogP contribution in [0.25, 0.3) is 0 Å². The fourth-order valence-corrected chi connectivity index (χ4v) is 34.4. The number of hydrogen-bond acceptors (Lipinski definition) is 14. The zero-order valence-corrected chi connectivity index (χ0v) is 38.8. The van der Waals surface area contributed by atoms with Gasteiger partial charge in [-0.1, -0.05) is 13.3 Å². The standard InChI is InChI=1S/C27H65O14Si7/c1-14-18-27(2,29)46(13)40-44(11,20-15-19-37-26-42(25-28)30-3)38-43(10,21-16-23-47(31-4,32-5)33-6)39-45(12,41-46)22-17-24-48(34-7,35-8)36-9/h25,29H,14-24,26H2,1-13H3. The first kappa shape index (κ1) is 46.7. The minimum atomic E-state index is -3.38. The third kappa shape index (κ3) is 13.6. The molecule has 285 valence electrons. The van der Waals surface area contributed by atoms with E-state index in [9.17, 15) is 9.90 Å². The number of rotatable bonds is 25. The molecule has 0 aliphatic carbocycles. The Labute approximate surface area is 298 Å². The SMILES string of the molecule is CCCC(C)(O)[Si]1(C)O[Si](C)(CCCOC[Si](C=O)OC)O[Si](C)(CCC[Si](OC)(OC)OC)O[Si](C)(CCC[Si](OC)(OC)OC)O1. The van der Waals surface area contributed by atoms with E-state index >= 15 is 0 Å². The minimum Gasteiger partial charge on any atom is -0.416 e. The summed E-state index contributed by atoms with van der Waals surface area (Å²) in [5.74, 6) is 0.831. The summed E-state index contributed by atoms with van der Waals surface area (Å²) in [7, 11) is -8.63. The lowest BCUT2D eigenvalue weighted by molar-refractivity contribution is 0.0699. The molecule has 1 aliphatic heterocycles. The molecule has 14 nitrogen and oxygen atoms in total. The molecule has 1 rings (SSSR count). The number of hydrogen-bond donors (Lipinski definition) is 1. The lowest BCUT2D eigenvalue weighted by atomic mass is 10.2. The van der Waals surface area contributed by atoms with Gasteiger partial charge in [-0.25, -0.2) is 0 Å². The van der Waals surface area contributed by atoms with Gasteiger partial charge in [0.05, 0.1) is 6.23 Å². The van der Waals surface area contributed by atoms with Gasteiger partial charge in [0.25, 0.3) is 0 Å². The van der Waals surface area contributed by atoms with Gasteiger partial charge in [0.2, 0.25) is 0 Å². The molecule has 1 radical (unpaired) electrons. The van der Waals surface area contributed by atoms with Gasteiger partial charge in [-0.2, -0.15) is 0 Å². The summed E-state index contributed by atoms with van der Waals surface area (Å²) < 4.78 is 74.1. The maximum Gasteiger partial charge on any atom is 0.500 e. The van der Waals surface area contributed by atoms with E-state index in [1.54, 1.807) is 42.7 Å². The monoisotopic (exact) mass is 809 g/mol. The topological polar surface area (TPSA) is 148 Å². The molecule has 0 spiro atoms. The van der Waals surface area contributed by atoms with Crippen LogP contribution in [0.3, 0.4) is 0 Å². The summed E-state index contributed by atoms with van der Waals surface area (Å²) in [6.07, 6.45) is 3.57. The lowest BCUT2D eigenvalue weighted by Crippen LogP contribution is -2.73. The Balaban J connectivity index is 3.52. The normalized spacial score (nSPS) is 28.6. The Hall–Kier alpha value is 0.668. The fourth-order valence-electron chi connectivity index (χ4n) is 6.23. The number of aliphatic hydroxyl groups is 1. The van der Waals surface area contributed by atoms with Gasteiger partial charge >= 0.3 is 60.9 Å². The van der Waals surface area contributed by atoms with Gasteiger partial charge in [0.15, 0.2) is 0 Å². The van der Waals surface area contributed by atoms with Crippen LogP contribution in [0, 0.1) is 0 Å². The molecule has 0 saturated carbocycles. The molecule has 0 aromatic carbocycles. The van der Waals surface area contributed by atoms with Crippen LogP contribution in [0.1, 0.15) is 46.0 Å². The van der Waals surface area contributed by atoms with Crippen molar-refractivity contribution in [1.29, 1.82) is 0 Å². The second-order valence-electron chi connectivity index (χ2n) is 13.0. The quantitative estimate of drug-likeness (QED) is 0.0793. The Morgan fingerprint density at radius 1 is 0.708 bits per heavy atom. The van der Waals surface area contributed by atoms with Crippen LogP contribution in [-0.2, 0) is 57.0 Å². The van der Waals surface area contributed by atoms with E-state index in [0.717, 1.165) is 12.3 Å². The van der Waals surface area contributed by atoms with Crippen molar-refractivity contribution in [2.45, 2.75) is 108 Å². The number of carbonyl (C=O) groups is 1. The van der Waals surface area contributed by atoms with Crippen molar-refractivity contribution >= 4 is 66.8 Å². The highest BCUT2D eigenvalue weighted by Crippen LogP contribution is 2.42. The Kier molecular flexibility index (Phi) is 20.2. The van der Waals surface area contributed by atoms with Crippen LogP contribution < -0.4 is 0 Å². The molecule has 0 aromatic heterocycles. The molecule has 5 unspecified atom stereocenters. The first-order chi connectivity index (χ1) is 22.4. The Bertz CT molecular complexity index is 921. The van der Waals surface area contributed by atoms with E-state index < -0.39 is 66.1 Å². The predicted molar refractivity (Wildman–Crippen MR) is 198 cm³/mol. The smallest absolute Gasteiger partial charge is 0.416 e. The van der Waals surface area contributed by atoms with Crippen LogP contribution in [0.15, 0.2) is 0 Å². The average molecular weight is 810 g/mol. The Morgan fingerprint density at radius 2 is 1.10 bits per heavy atom. The van der Waals surface area contributed by atoms with E-state index in [2.05, 4.69) is 13.1 Å². The first-order valence-electron chi connectivity index (χ1n) is 16.7. The molecule has 1 fully saturated rings. The third-order valence-electron chi connectivity index (χ3n) is 9.05. The Morgan fingerprint density at radius 3 is 1.46 bits per heavy atom. The van der Waals surface area contributed by atoms with Crippen molar-refractivity contribution < 1.29 is 62.1 Å². The molecule has 1 heterocycles. The minimum absolute atomic E-state index is 0.272. The maximum atomic E-state index is 12.0. The summed E-state index contributed by atoms with van der Waals surface area (Å²) >= 11 is 0. The molecule has 5 atom stereocenters. The fraction of sp³-hybridized carbons (Fsp3) is 0.963. The maximum absolute atomic E-state index is 12.0.